The molecule has 0 aromatic carbocycles. The van der Waals surface area contributed by atoms with Gasteiger partial charge in [-0.1, -0.05) is 13.8 Å². The Balaban J connectivity index is 1.91. The Morgan fingerprint density at radius 2 is 2.06 bits per heavy atom. The lowest BCUT2D eigenvalue weighted by atomic mass is 10.1. The van der Waals surface area contributed by atoms with Gasteiger partial charge >= 0.3 is 5.97 Å². The van der Waals surface area contributed by atoms with Gasteiger partial charge in [0.2, 0.25) is 5.91 Å². The number of rotatable bonds is 4. The lowest BCUT2D eigenvalue weighted by molar-refractivity contribution is -0.140. The Labute approximate surface area is 107 Å². The van der Waals surface area contributed by atoms with Gasteiger partial charge < -0.3 is 15.2 Å². The van der Waals surface area contributed by atoms with Crippen LogP contribution >= 0.6 is 0 Å². The average molecular weight is 255 g/mol. The molecule has 1 amide bonds. The summed E-state index contributed by atoms with van der Waals surface area (Å²) in [7, 11) is 0. The van der Waals surface area contributed by atoms with Crippen molar-refractivity contribution in [2.24, 2.45) is 17.3 Å². The molecule has 0 radical (unpaired) electrons. The molecular formula is C13H21NO4. The van der Waals surface area contributed by atoms with E-state index in [2.05, 4.69) is 5.32 Å². The van der Waals surface area contributed by atoms with Gasteiger partial charge in [-0.3, -0.25) is 9.59 Å². The van der Waals surface area contributed by atoms with E-state index in [1.807, 2.05) is 20.8 Å². The molecule has 4 atom stereocenters. The Kier molecular flexibility index (Phi) is 3.36. The molecule has 0 spiro atoms. The van der Waals surface area contributed by atoms with E-state index in [9.17, 15) is 9.59 Å². The monoisotopic (exact) mass is 255 g/mol. The topological polar surface area (TPSA) is 75.6 Å². The summed E-state index contributed by atoms with van der Waals surface area (Å²) in [5, 5.41) is 11.9. The normalized spacial score (nSPS) is 34.9. The first kappa shape index (κ1) is 13.3. The lowest BCUT2D eigenvalue weighted by Gasteiger charge is -2.20. The summed E-state index contributed by atoms with van der Waals surface area (Å²) in [6, 6.07) is -0.0501. The Morgan fingerprint density at radius 3 is 2.50 bits per heavy atom. The number of carbonyl (C=O) groups excluding carboxylic acids is 1. The molecule has 1 aliphatic carbocycles. The van der Waals surface area contributed by atoms with Crippen LogP contribution in [0.5, 0.6) is 0 Å². The number of nitrogens with one attached hydrogen (secondary N) is 1. The zero-order valence-corrected chi connectivity index (χ0v) is 11.1. The number of carbonyl (C=O) groups is 2. The highest BCUT2D eigenvalue weighted by molar-refractivity contribution is 5.91. The van der Waals surface area contributed by atoms with Crippen LogP contribution in [0.25, 0.3) is 0 Å². The predicted octanol–water partition coefficient (Wildman–Crippen LogP) is 1.03. The van der Waals surface area contributed by atoms with E-state index in [0.29, 0.717) is 0 Å². The number of carboxylic acid groups (broad SMARTS) is 1. The molecule has 0 aromatic rings. The third-order valence-corrected chi connectivity index (χ3v) is 4.27. The maximum Gasteiger partial charge on any atom is 0.307 e. The molecule has 1 heterocycles. The summed E-state index contributed by atoms with van der Waals surface area (Å²) in [6.07, 6.45) is 2.05. The van der Waals surface area contributed by atoms with Crippen molar-refractivity contribution in [2.45, 2.75) is 45.8 Å². The second kappa shape index (κ2) is 4.53. The van der Waals surface area contributed by atoms with E-state index >= 15 is 0 Å². The summed E-state index contributed by atoms with van der Waals surface area (Å²) in [5.41, 5.74) is -0.438. The van der Waals surface area contributed by atoms with Crippen LogP contribution in [-0.4, -0.2) is 35.7 Å². The molecule has 5 heteroatoms. The summed E-state index contributed by atoms with van der Waals surface area (Å²) in [4.78, 5) is 23.1. The van der Waals surface area contributed by atoms with Gasteiger partial charge in [-0.15, -0.1) is 0 Å². The smallest absolute Gasteiger partial charge is 0.307 e. The van der Waals surface area contributed by atoms with Crippen LogP contribution in [0.15, 0.2) is 0 Å². The first-order chi connectivity index (χ1) is 8.35. The Morgan fingerprint density at radius 1 is 1.39 bits per heavy atom. The quantitative estimate of drug-likeness (QED) is 0.786. The number of amides is 1. The molecule has 5 nitrogen and oxygen atoms in total. The molecule has 102 valence electrons. The SMILES string of the molecule is CC(NC(=O)[C@H]1[C@@H](C(=O)O)C1(C)C)C1CCCO1. The van der Waals surface area contributed by atoms with E-state index in [1.165, 1.54) is 0 Å². The van der Waals surface area contributed by atoms with Gasteiger partial charge in [-0.05, 0) is 25.2 Å². The standard InChI is InChI=1S/C13H21NO4/c1-7(8-5-4-6-18-8)14-11(15)9-10(12(16)17)13(9,2)3/h7-10H,4-6H2,1-3H3,(H,14,15)(H,16,17)/t7?,8?,9-,10+/m1/s1. The van der Waals surface area contributed by atoms with Gasteiger partial charge in [-0.25, -0.2) is 0 Å². The summed E-state index contributed by atoms with van der Waals surface area (Å²) >= 11 is 0. The van der Waals surface area contributed by atoms with Gasteiger partial charge in [0.05, 0.1) is 24.0 Å². The van der Waals surface area contributed by atoms with E-state index in [4.69, 9.17) is 9.84 Å². The highest BCUT2D eigenvalue weighted by Crippen LogP contribution is 2.58. The minimum absolute atomic E-state index is 0.0501. The maximum absolute atomic E-state index is 12.1. The average Bonchev–Trinajstić information content (AvgIpc) is 2.67. The van der Waals surface area contributed by atoms with Crippen molar-refractivity contribution in [1.82, 2.24) is 5.32 Å². The van der Waals surface area contributed by atoms with Crippen molar-refractivity contribution < 1.29 is 19.4 Å². The fraction of sp³-hybridized carbons (Fsp3) is 0.846. The highest BCUT2D eigenvalue weighted by atomic mass is 16.5. The molecule has 1 saturated carbocycles. The highest BCUT2D eigenvalue weighted by Gasteiger charge is 2.66. The van der Waals surface area contributed by atoms with E-state index in [-0.39, 0.29) is 18.1 Å². The first-order valence-electron chi connectivity index (χ1n) is 6.50. The van der Waals surface area contributed by atoms with Gasteiger partial charge in [0.15, 0.2) is 0 Å². The van der Waals surface area contributed by atoms with E-state index in [0.717, 1.165) is 19.4 Å². The van der Waals surface area contributed by atoms with Crippen LogP contribution in [0.4, 0.5) is 0 Å². The number of aliphatic carboxylic acids is 1. The van der Waals surface area contributed by atoms with E-state index < -0.39 is 23.2 Å². The fourth-order valence-electron chi connectivity index (χ4n) is 2.99. The zero-order valence-electron chi connectivity index (χ0n) is 11.1. The summed E-state index contributed by atoms with van der Waals surface area (Å²) in [6.45, 7) is 6.32. The minimum Gasteiger partial charge on any atom is -0.481 e. The van der Waals surface area contributed by atoms with Crippen LogP contribution in [-0.2, 0) is 14.3 Å². The molecule has 2 rings (SSSR count). The van der Waals surface area contributed by atoms with Crippen molar-refractivity contribution >= 4 is 11.9 Å². The van der Waals surface area contributed by atoms with Crippen molar-refractivity contribution in [3.05, 3.63) is 0 Å². The molecule has 0 bridgehead atoms. The molecule has 2 unspecified atom stereocenters. The van der Waals surface area contributed by atoms with Gasteiger partial charge in [0.25, 0.3) is 0 Å². The number of carboxylic acids is 1. The van der Waals surface area contributed by atoms with Crippen LogP contribution in [0.1, 0.15) is 33.6 Å². The van der Waals surface area contributed by atoms with Crippen molar-refractivity contribution in [1.29, 1.82) is 0 Å². The number of hydrogen-bond donors (Lipinski definition) is 2. The van der Waals surface area contributed by atoms with Crippen LogP contribution in [0, 0.1) is 17.3 Å². The third kappa shape index (κ3) is 2.23. The predicted molar refractivity (Wildman–Crippen MR) is 65.0 cm³/mol. The second-order valence-corrected chi connectivity index (χ2v) is 5.96. The van der Waals surface area contributed by atoms with E-state index in [1.54, 1.807) is 0 Å². The third-order valence-electron chi connectivity index (χ3n) is 4.27. The number of hydrogen-bond acceptors (Lipinski definition) is 3. The van der Waals surface area contributed by atoms with Crippen molar-refractivity contribution in [2.75, 3.05) is 6.61 Å². The molecular weight excluding hydrogens is 234 g/mol. The maximum atomic E-state index is 12.1. The lowest BCUT2D eigenvalue weighted by Crippen LogP contribution is -2.42. The van der Waals surface area contributed by atoms with Gasteiger partial charge in [-0.2, -0.15) is 0 Å². The molecule has 1 aliphatic heterocycles. The molecule has 0 aromatic heterocycles. The summed E-state index contributed by atoms with van der Waals surface area (Å²) < 4.78 is 5.51. The van der Waals surface area contributed by atoms with Crippen LogP contribution < -0.4 is 5.32 Å². The van der Waals surface area contributed by atoms with Crippen molar-refractivity contribution in [3.63, 3.8) is 0 Å². The number of ether oxygens (including phenoxy) is 1. The molecule has 2 aliphatic rings. The molecule has 1 saturated heterocycles. The summed E-state index contributed by atoms with van der Waals surface area (Å²) in [5.74, 6) is -2.02. The fourth-order valence-corrected chi connectivity index (χ4v) is 2.99. The van der Waals surface area contributed by atoms with Crippen molar-refractivity contribution in [3.8, 4) is 0 Å². The Bertz CT molecular complexity index is 360. The van der Waals surface area contributed by atoms with Gasteiger partial charge in [0, 0.05) is 6.61 Å². The first-order valence-corrected chi connectivity index (χ1v) is 6.50. The second-order valence-electron chi connectivity index (χ2n) is 5.96. The van der Waals surface area contributed by atoms with Gasteiger partial charge in [0.1, 0.15) is 0 Å². The molecule has 2 N–H and O–H groups in total. The minimum atomic E-state index is -0.884. The largest absolute Gasteiger partial charge is 0.481 e. The zero-order chi connectivity index (χ0) is 13.5. The van der Waals surface area contributed by atoms with Crippen LogP contribution in [0.3, 0.4) is 0 Å². The molecule has 18 heavy (non-hydrogen) atoms. The van der Waals surface area contributed by atoms with Crippen LogP contribution in [0.2, 0.25) is 0 Å². The Hall–Kier alpha value is -1.10. The molecule has 2 fully saturated rings.